The molecule has 28 heavy (non-hydrogen) atoms. The van der Waals surface area contributed by atoms with Crippen molar-refractivity contribution in [2.24, 2.45) is 0 Å². The SMILES string of the molecule is CCC(NC(=O)CSCc1ccc([N+](=O)[O-])cc1)c1ccc2c(c1)CCCC2. The maximum atomic E-state index is 12.4. The van der Waals surface area contributed by atoms with Gasteiger partial charge >= 0.3 is 0 Å². The van der Waals surface area contributed by atoms with E-state index >= 15 is 0 Å². The minimum Gasteiger partial charge on any atom is -0.349 e. The molecule has 6 heteroatoms. The Hall–Kier alpha value is -2.34. The van der Waals surface area contributed by atoms with E-state index in [4.69, 9.17) is 0 Å². The van der Waals surface area contributed by atoms with Crippen LogP contribution in [0.5, 0.6) is 0 Å². The predicted octanol–water partition coefficient (Wildman–Crippen LogP) is 4.97. The predicted molar refractivity (Wildman–Crippen MR) is 114 cm³/mol. The number of non-ortho nitro benzene ring substituents is 1. The average Bonchev–Trinajstić information content (AvgIpc) is 2.72. The lowest BCUT2D eigenvalue weighted by Gasteiger charge is -2.21. The maximum absolute atomic E-state index is 12.4. The van der Waals surface area contributed by atoms with Gasteiger partial charge in [0.05, 0.1) is 16.7 Å². The number of nitro benzene ring substituents is 1. The molecule has 1 aliphatic carbocycles. The van der Waals surface area contributed by atoms with Crippen molar-refractivity contribution in [2.45, 2.75) is 50.8 Å². The summed E-state index contributed by atoms with van der Waals surface area (Å²) < 4.78 is 0. The van der Waals surface area contributed by atoms with E-state index in [1.165, 1.54) is 53.4 Å². The molecule has 1 amide bonds. The van der Waals surface area contributed by atoms with Crippen LogP contribution in [0.4, 0.5) is 5.69 Å². The number of nitro groups is 1. The first-order valence-electron chi connectivity index (χ1n) is 9.79. The molecule has 0 spiro atoms. The van der Waals surface area contributed by atoms with Gasteiger partial charge in [-0.25, -0.2) is 0 Å². The number of rotatable bonds is 8. The topological polar surface area (TPSA) is 72.2 Å². The molecule has 1 unspecified atom stereocenters. The Morgan fingerprint density at radius 3 is 2.54 bits per heavy atom. The highest BCUT2D eigenvalue weighted by Crippen LogP contribution is 2.26. The van der Waals surface area contributed by atoms with Crippen LogP contribution in [0.2, 0.25) is 0 Å². The largest absolute Gasteiger partial charge is 0.349 e. The van der Waals surface area contributed by atoms with Gasteiger partial charge in [-0.2, -0.15) is 0 Å². The Balaban J connectivity index is 1.50. The number of nitrogens with zero attached hydrogens (tertiary/aromatic N) is 1. The van der Waals surface area contributed by atoms with Gasteiger partial charge in [0.1, 0.15) is 0 Å². The van der Waals surface area contributed by atoms with E-state index < -0.39 is 4.92 Å². The van der Waals surface area contributed by atoms with Crippen molar-refractivity contribution in [3.05, 3.63) is 74.8 Å². The van der Waals surface area contributed by atoms with Crippen LogP contribution in [0.25, 0.3) is 0 Å². The molecule has 0 saturated heterocycles. The van der Waals surface area contributed by atoms with E-state index in [0.717, 1.165) is 24.8 Å². The van der Waals surface area contributed by atoms with E-state index in [0.29, 0.717) is 11.5 Å². The average molecular weight is 399 g/mol. The van der Waals surface area contributed by atoms with E-state index in [-0.39, 0.29) is 17.6 Å². The summed E-state index contributed by atoms with van der Waals surface area (Å²) in [6, 6.07) is 13.2. The molecule has 148 valence electrons. The molecule has 2 aromatic carbocycles. The van der Waals surface area contributed by atoms with E-state index in [1.807, 2.05) is 0 Å². The smallest absolute Gasteiger partial charge is 0.269 e. The molecule has 3 rings (SSSR count). The number of carbonyl (C=O) groups is 1. The molecule has 0 fully saturated rings. The van der Waals surface area contributed by atoms with Crippen LogP contribution in [-0.4, -0.2) is 16.6 Å². The first-order chi connectivity index (χ1) is 13.6. The number of hydrogen-bond acceptors (Lipinski definition) is 4. The Morgan fingerprint density at radius 1 is 1.14 bits per heavy atom. The third kappa shape index (κ3) is 5.35. The number of benzene rings is 2. The van der Waals surface area contributed by atoms with E-state index in [2.05, 4.69) is 30.4 Å². The van der Waals surface area contributed by atoms with Gasteiger partial charge in [-0.1, -0.05) is 37.3 Å². The lowest BCUT2D eigenvalue weighted by Crippen LogP contribution is -2.29. The summed E-state index contributed by atoms with van der Waals surface area (Å²) in [7, 11) is 0. The third-order valence-corrected chi connectivity index (χ3v) is 6.17. The number of aryl methyl sites for hydroxylation is 2. The number of fused-ring (bicyclic) bond motifs is 1. The Bertz CT molecular complexity index is 836. The van der Waals surface area contributed by atoms with Gasteiger partial charge in [0.25, 0.3) is 5.69 Å². The summed E-state index contributed by atoms with van der Waals surface area (Å²) in [5.74, 6) is 1.05. The monoisotopic (exact) mass is 398 g/mol. The second kappa shape index (κ2) is 9.73. The highest BCUT2D eigenvalue weighted by molar-refractivity contribution is 7.99. The van der Waals surface area contributed by atoms with Gasteiger partial charge in [-0.3, -0.25) is 14.9 Å². The van der Waals surface area contributed by atoms with Crippen LogP contribution in [0, 0.1) is 10.1 Å². The molecular weight excluding hydrogens is 372 g/mol. The maximum Gasteiger partial charge on any atom is 0.269 e. The van der Waals surface area contributed by atoms with Crippen LogP contribution >= 0.6 is 11.8 Å². The second-order valence-corrected chi connectivity index (χ2v) is 8.17. The normalized spacial score (nSPS) is 14.2. The van der Waals surface area contributed by atoms with Gasteiger partial charge < -0.3 is 5.32 Å². The molecule has 0 heterocycles. The summed E-state index contributed by atoms with van der Waals surface area (Å²) in [6.07, 6.45) is 5.68. The fourth-order valence-corrected chi connectivity index (χ4v) is 4.40. The minimum absolute atomic E-state index is 0.0245. The number of amides is 1. The molecule has 1 atom stereocenters. The Morgan fingerprint density at radius 2 is 1.86 bits per heavy atom. The molecular formula is C22H26N2O3S. The standard InChI is InChI=1S/C22H26N2O3S/c1-2-21(19-10-9-17-5-3-4-6-18(17)13-19)23-22(25)15-28-14-16-7-11-20(12-8-16)24(26)27/h7-13,21H,2-6,14-15H2,1H3,(H,23,25). The summed E-state index contributed by atoms with van der Waals surface area (Å²) in [4.78, 5) is 22.7. The van der Waals surface area contributed by atoms with Crippen molar-refractivity contribution in [3.63, 3.8) is 0 Å². The number of hydrogen-bond donors (Lipinski definition) is 1. The van der Waals surface area contributed by atoms with Gasteiger partial charge in [0.15, 0.2) is 0 Å². The lowest BCUT2D eigenvalue weighted by molar-refractivity contribution is -0.384. The summed E-state index contributed by atoms with van der Waals surface area (Å²) in [5.41, 5.74) is 5.14. The van der Waals surface area contributed by atoms with Crippen LogP contribution < -0.4 is 5.32 Å². The van der Waals surface area contributed by atoms with Crippen molar-refractivity contribution in [2.75, 3.05) is 5.75 Å². The molecule has 0 saturated carbocycles. The quantitative estimate of drug-likeness (QED) is 0.503. The van der Waals surface area contributed by atoms with Gasteiger partial charge in [0.2, 0.25) is 5.91 Å². The van der Waals surface area contributed by atoms with Crippen LogP contribution in [0.1, 0.15) is 54.5 Å². The highest BCUT2D eigenvalue weighted by atomic mass is 32.2. The van der Waals surface area contributed by atoms with Gasteiger partial charge in [0, 0.05) is 17.9 Å². The second-order valence-electron chi connectivity index (χ2n) is 7.18. The van der Waals surface area contributed by atoms with E-state index in [1.54, 1.807) is 12.1 Å². The van der Waals surface area contributed by atoms with Crippen molar-refractivity contribution >= 4 is 23.4 Å². The minimum atomic E-state index is -0.407. The van der Waals surface area contributed by atoms with Crippen molar-refractivity contribution < 1.29 is 9.72 Å². The van der Waals surface area contributed by atoms with Crippen LogP contribution in [0.3, 0.4) is 0 Å². The molecule has 1 aliphatic rings. The van der Waals surface area contributed by atoms with Gasteiger partial charge in [-0.05, 0) is 54.4 Å². The first kappa shape index (κ1) is 20.4. The van der Waals surface area contributed by atoms with Gasteiger partial charge in [-0.15, -0.1) is 11.8 Å². The molecule has 0 aromatic heterocycles. The number of nitrogens with one attached hydrogen (secondary N) is 1. The molecule has 1 N–H and O–H groups in total. The Kier molecular flexibility index (Phi) is 7.09. The van der Waals surface area contributed by atoms with Crippen LogP contribution in [-0.2, 0) is 23.4 Å². The lowest BCUT2D eigenvalue weighted by atomic mass is 9.89. The molecule has 5 nitrogen and oxygen atoms in total. The van der Waals surface area contributed by atoms with Crippen molar-refractivity contribution in [1.82, 2.24) is 5.32 Å². The Labute approximate surface area is 170 Å². The molecule has 2 aromatic rings. The summed E-state index contributed by atoms with van der Waals surface area (Å²) in [6.45, 7) is 2.09. The molecule has 0 bridgehead atoms. The zero-order chi connectivity index (χ0) is 19.9. The first-order valence-corrected chi connectivity index (χ1v) is 10.9. The highest BCUT2D eigenvalue weighted by Gasteiger charge is 2.16. The third-order valence-electron chi connectivity index (χ3n) is 5.17. The van der Waals surface area contributed by atoms with Crippen LogP contribution in [0.15, 0.2) is 42.5 Å². The zero-order valence-electron chi connectivity index (χ0n) is 16.1. The summed E-state index contributed by atoms with van der Waals surface area (Å²) >= 11 is 1.52. The van der Waals surface area contributed by atoms with Crippen molar-refractivity contribution in [3.8, 4) is 0 Å². The van der Waals surface area contributed by atoms with Crippen molar-refractivity contribution in [1.29, 1.82) is 0 Å². The molecule has 0 aliphatic heterocycles. The zero-order valence-corrected chi connectivity index (χ0v) is 17.0. The fourth-order valence-electron chi connectivity index (χ4n) is 3.60. The molecule has 0 radical (unpaired) electrons. The fraction of sp³-hybridized carbons (Fsp3) is 0.409. The van der Waals surface area contributed by atoms with E-state index in [9.17, 15) is 14.9 Å². The summed E-state index contributed by atoms with van der Waals surface area (Å²) in [5, 5.41) is 13.8. The number of carbonyl (C=O) groups excluding carboxylic acids is 1. The number of thioether (sulfide) groups is 1.